The molecule has 0 radical (unpaired) electrons. The number of carbonyl (C=O) groups is 1. The normalized spacial score (nSPS) is 25.7. The lowest BCUT2D eigenvalue weighted by atomic mass is 9.51. The maximum Gasteiger partial charge on any atom is 0.274 e. The molecule has 5 heteroatoms. The number of rotatable bonds is 5. The largest absolute Gasteiger partial charge is 0.344 e. The summed E-state index contributed by atoms with van der Waals surface area (Å²) in [4.78, 5) is 12.2. The van der Waals surface area contributed by atoms with Crippen LogP contribution in [0.3, 0.4) is 0 Å². The van der Waals surface area contributed by atoms with Gasteiger partial charge in [-0.25, -0.2) is 9.84 Å². The van der Waals surface area contributed by atoms with E-state index < -0.39 is 0 Å². The molecule has 0 bridgehead atoms. The van der Waals surface area contributed by atoms with Crippen LogP contribution in [0.25, 0.3) is 0 Å². The Labute approximate surface area is 135 Å². The molecule has 120 valence electrons. The van der Waals surface area contributed by atoms with Gasteiger partial charge in [-0.2, -0.15) is 0 Å². The highest BCUT2D eigenvalue weighted by Crippen LogP contribution is 2.26. The molecule has 22 heavy (non-hydrogen) atoms. The average molecular weight is 302 g/mol. The molecule has 1 saturated carbocycles. The van der Waals surface area contributed by atoms with Crippen LogP contribution in [0.15, 0.2) is 0 Å². The molecule has 1 amide bonds. The molecule has 0 aromatic rings. The summed E-state index contributed by atoms with van der Waals surface area (Å²) in [5.74, 6) is 2.73. The van der Waals surface area contributed by atoms with Crippen molar-refractivity contribution in [2.24, 2.45) is 5.92 Å². The van der Waals surface area contributed by atoms with E-state index in [1.165, 1.54) is 44.9 Å². The van der Waals surface area contributed by atoms with Gasteiger partial charge >= 0.3 is 0 Å². The van der Waals surface area contributed by atoms with Crippen LogP contribution in [0.1, 0.15) is 51.9 Å². The summed E-state index contributed by atoms with van der Waals surface area (Å²) in [7, 11) is 0. The van der Waals surface area contributed by atoms with E-state index in [2.05, 4.69) is 29.0 Å². The van der Waals surface area contributed by atoms with Crippen LogP contribution in [0.2, 0.25) is 13.1 Å². The van der Waals surface area contributed by atoms with E-state index in [1.54, 1.807) is 6.82 Å². The average Bonchev–Trinajstić information content (AvgIpc) is 2.92. The Kier molecular flexibility index (Phi) is 6.48. The molecule has 2 aliphatic rings. The third-order valence-electron chi connectivity index (χ3n) is 5.15. The number of carbonyl (C=O) groups excluding carboxylic acids is 1. The van der Waals surface area contributed by atoms with E-state index in [-0.39, 0.29) is 18.7 Å². The van der Waals surface area contributed by atoms with Crippen LogP contribution >= 0.6 is 0 Å². The fourth-order valence-corrected chi connectivity index (χ4v) is 3.72. The summed E-state index contributed by atoms with van der Waals surface area (Å²) in [5, 5.41) is 12.1. The lowest BCUT2D eigenvalue weighted by Crippen LogP contribution is -2.45. The van der Waals surface area contributed by atoms with Crippen molar-refractivity contribution >= 4 is 18.8 Å². The fourth-order valence-electron chi connectivity index (χ4n) is 3.72. The van der Waals surface area contributed by atoms with E-state index in [9.17, 15) is 4.79 Å². The first-order valence-electron chi connectivity index (χ1n) is 8.90. The van der Waals surface area contributed by atoms with Gasteiger partial charge in [0.2, 0.25) is 5.91 Å². The van der Waals surface area contributed by atoms with Crippen molar-refractivity contribution in [2.45, 2.75) is 77.1 Å². The van der Waals surface area contributed by atoms with Gasteiger partial charge in [0.05, 0.1) is 0 Å². The Balaban J connectivity index is 2.04. The van der Waals surface area contributed by atoms with Gasteiger partial charge in [0.15, 0.2) is 6.21 Å². The molecule has 0 aromatic heterocycles. The second-order valence-electron chi connectivity index (χ2n) is 7.10. The minimum Gasteiger partial charge on any atom is -0.344 e. The Morgan fingerprint density at radius 2 is 2.09 bits per heavy atom. The van der Waals surface area contributed by atoms with Crippen LogP contribution in [0, 0.1) is 17.1 Å². The molecule has 2 fully saturated rings. The molecule has 0 aromatic carbocycles. The van der Waals surface area contributed by atoms with Crippen molar-refractivity contribution in [2.75, 3.05) is 6.54 Å². The molecule has 2 rings (SSSR count). The maximum absolute atomic E-state index is 12.2. The van der Waals surface area contributed by atoms with Crippen LogP contribution in [0.4, 0.5) is 0 Å². The Bertz CT molecular complexity index is 451. The molecule has 2 atom stereocenters. The highest BCUT2D eigenvalue weighted by atomic mass is 16.1. The van der Waals surface area contributed by atoms with Gasteiger partial charge in [-0.15, -0.1) is 0 Å². The molecule has 1 aliphatic carbocycles. The van der Waals surface area contributed by atoms with Crippen molar-refractivity contribution in [3.8, 4) is 5.97 Å². The van der Waals surface area contributed by atoms with Crippen molar-refractivity contribution < 1.29 is 9.37 Å². The summed E-state index contributed by atoms with van der Waals surface area (Å²) in [6.07, 6.45) is 11.4. The zero-order chi connectivity index (χ0) is 15.9. The number of hydrogen-bond acceptors (Lipinski definition) is 2. The lowest BCUT2D eigenvalue weighted by molar-refractivity contribution is -0.537. The van der Waals surface area contributed by atoms with E-state index in [0.29, 0.717) is 18.3 Å². The minimum absolute atomic E-state index is 0.0210. The van der Waals surface area contributed by atoms with E-state index in [1.807, 2.05) is 0 Å². The molecule has 1 heterocycles. The number of nitriles is 1. The number of hydrogen-bond donors (Lipinski definition) is 1. The Hall–Kier alpha value is -1.31. The Morgan fingerprint density at radius 3 is 2.68 bits per heavy atom. The molecular weight excluding hydrogens is 273 g/mol. The van der Waals surface area contributed by atoms with Crippen molar-refractivity contribution in [3.63, 3.8) is 0 Å². The first-order valence-corrected chi connectivity index (χ1v) is 8.90. The topological polar surface area (TPSA) is 55.9 Å². The highest BCUT2D eigenvalue weighted by molar-refractivity contribution is 6.68. The van der Waals surface area contributed by atoms with Crippen LogP contribution in [0.5, 0.6) is 0 Å². The smallest absolute Gasteiger partial charge is 0.274 e. The lowest BCUT2D eigenvalue weighted by Gasteiger charge is -2.27. The monoisotopic (exact) mass is 302 g/mol. The third kappa shape index (κ3) is 4.86. The molecular formula is C17H29BN3O+. The molecule has 1 saturated heterocycles. The molecule has 2 unspecified atom stereocenters. The third-order valence-corrected chi connectivity index (χ3v) is 5.15. The molecule has 4 nitrogen and oxygen atoms in total. The predicted molar refractivity (Wildman–Crippen MR) is 90.4 cm³/mol. The molecule has 1 N–H and O–H groups in total. The van der Waals surface area contributed by atoms with Crippen molar-refractivity contribution in [1.29, 1.82) is 5.26 Å². The summed E-state index contributed by atoms with van der Waals surface area (Å²) in [6.45, 7) is 4.97. The van der Waals surface area contributed by atoms with Crippen LogP contribution < -0.4 is 5.32 Å². The summed E-state index contributed by atoms with van der Waals surface area (Å²) in [5.41, 5.74) is 0. The van der Waals surface area contributed by atoms with Gasteiger partial charge in [-0.3, -0.25) is 4.79 Å². The van der Waals surface area contributed by atoms with Gasteiger partial charge in [-0.1, -0.05) is 26.1 Å². The number of amides is 1. The summed E-state index contributed by atoms with van der Waals surface area (Å²) < 4.78 is 2.41. The second kappa shape index (κ2) is 8.36. The van der Waals surface area contributed by atoms with Crippen LogP contribution in [-0.4, -0.2) is 42.0 Å². The SMILES string of the molecule is CB(C#N)CC(=O)NC(C=[N+]1CCCC1C)C1CCCCC1. The number of nitrogens with one attached hydrogen (secondary N) is 1. The first-order chi connectivity index (χ1) is 10.6. The van der Waals surface area contributed by atoms with Crippen LogP contribution in [-0.2, 0) is 4.79 Å². The minimum atomic E-state index is -0.210. The molecule has 0 spiro atoms. The summed E-state index contributed by atoms with van der Waals surface area (Å²) in [6, 6.07) is 0.722. The van der Waals surface area contributed by atoms with Gasteiger partial charge in [-0.05, 0) is 25.7 Å². The fraction of sp³-hybridized carbons (Fsp3) is 0.824. The van der Waals surface area contributed by atoms with E-state index in [0.717, 1.165) is 6.54 Å². The standard InChI is InChI=1S/C17H28BN3O/c1-14-7-6-10-21(14)12-16(15-8-4-3-5-9-15)20-17(22)11-18(2)13-19/h12,14-16H,3-11H2,1-2H3/p+1. The first kappa shape index (κ1) is 17.1. The zero-order valence-electron chi connectivity index (χ0n) is 14.1. The van der Waals surface area contributed by atoms with E-state index in [4.69, 9.17) is 5.26 Å². The maximum atomic E-state index is 12.2. The Morgan fingerprint density at radius 1 is 1.36 bits per heavy atom. The van der Waals surface area contributed by atoms with Crippen molar-refractivity contribution in [1.82, 2.24) is 5.32 Å². The van der Waals surface area contributed by atoms with Gasteiger partial charge in [0.1, 0.15) is 18.6 Å². The quantitative estimate of drug-likeness (QED) is 0.626. The van der Waals surface area contributed by atoms with E-state index >= 15 is 0 Å². The highest BCUT2D eigenvalue weighted by Gasteiger charge is 2.30. The van der Waals surface area contributed by atoms with Gasteiger partial charge in [0.25, 0.3) is 6.71 Å². The van der Waals surface area contributed by atoms with Crippen molar-refractivity contribution in [3.05, 3.63) is 0 Å². The molecule has 1 aliphatic heterocycles. The predicted octanol–water partition coefficient (Wildman–Crippen LogP) is 2.50. The van der Waals surface area contributed by atoms with Gasteiger partial charge < -0.3 is 5.32 Å². The second-order valence-corrected chi connectivity index (χ2v) is 7.10. The summed E-state index contributed by atoms with van der Waals surface area (Å²) >= 11 is 0. The zero-order valence-corrected chi connectivity index (χ0v) is 14.1. The van der Waals surface area contributed by atoms with Gasteiger partial charge in [0, 0.05) is 25.1 Å². The number of nitrogens with zero attached hydrogens (tertiary/aromatic N) is 2.